The highest BCUT2D eigenvalue weighted by Gasteiger charge is 2.33. The predicted octanol–water partition coefficient (Wildman–Crippen LogP) is 6.69. The van der Waals surface area contributed by atoms with Gasteiger partial charge in [-0.3, -0.25) is 14.5 Å². The molecule has 0 spiro atoms. The minimum absolute atomic E-state index is 0.00831. The zero-order chi connectivity index (χ0) is 32.8. The zero-order valence-corrected chi connectivity index (χ0v) is 26.7. The normalized spacial score (nSPS) is 17.8. The van der Waals surface area contributed by atoms with E-state index >= 15 is 0 Å². The Kier molecular flexibility index (Phi) is 12.7. The number of ether oxygens (including phenoxy) is 2. The van der Waals surface area contributed by atoms with E-state index in [4.69, 9.17) is 14.6 Å². The summed E-state index contributed by atoms with van der Waals surface area (Å²) in [6.45, 7) is 2.67. The molecule has 5 rings (SSSR count). The van der Waals surface area contributed by atoms with Crippen molar-refractivity contribution in [1.29, 1.82) is 0 Å². The van der Waals surface area contributed by atoms with Crippen LogP contribution in [0.25, 0.3) is 0 Å². The van der Waals surface area contributed by atoms with Crippen molar-refractivity contribution in [3.8, 4) is 0 Å². The molecular formula is C39H44N2O6. The lowest BCUT2D eigenvalue weighted by atomic mass is 9.99. The Labute approximate surface area is 277 Å². The van der Waals surface area contributed by atoms with Crippen molar-refractivity contribution >= 4 is 11.9 Å². The lowest BCUT2D eigenvalue weighted by Gasteiger charge is -2.38. The van der Waals surface area contributed by atoms with Gasteiger partial charge in [-0.05, 0) is 40.7 Å². The number of rotatable bonds is 16. The van der Waals surface area contributed by atoms with Crippen LogP contribution in [0.15, 0.2) is 109 Å². The number of nitrogens with zero attached hydrogens (tertiary/aromatic N) is 1. The van der Waals surface area contributed by atoms with Gasteiger partial charge >= 0.3 is 5.97 Å². The van der Waals surface area contributed by atoms with E-state index in [0.29, 0.717) is 38.8 Å². The maximum absolute atomic E-state index is 12.2. The summed E-state index contributed by atoms with van der Waals surface area (Å²) < 4.78 is 13.2. The van der Waals surface area contributed by atoms with Crippen molar-refractivity contribution in [2.24, 2.45) is 0 Å². The van der Waals surface area contributed by atoms with Crippen molar-refractivity contribution in [2.75, 3.05) is 6.54 Å². The van der Waals surface area contributed by atoms with Crippen molar-refractivity contribution in [3.63, 3.8) is 0 Å². The summed E-state index contributed by atoms with van der Waals surface area (Å²) in [5.41, 5.74) is 6.23. The Bertz CT molecular complexity index is 1490. The van der Waals surface area contributed by atoms with Gasteiger partial charge in [0.05, 0.1) is 18.8 Å². The molecule has 0 radical (unpaired) electrons. The second kappa shape index (κ2) is 17.5. The van der Waals surface area contributed by atoms with E-state index in [9.17, 15) is 14.7 Å². The predicted molar refractivity (Wildman–Crippen MR) is 180 cm³/mol. The number of aliphatic carboxylic acids is 1. The van der Waals surface area contributed by atoms with E-state index in [1.807, 2.05) is 60.7 Å². The standard InChI is InChI=1S/C39H44N2O6/c42-28-32-17-19-33(20-18-32)36-23-35(27-41(25-30-9-3-1-4-10-30)26-31-11-5-2-6-12-31)46-39(47-36)34-21-15-29(16-22-34)24-40-37(43)13-7-8-14-38(44)45/h1-6,9-12,15-22,35-36,39,42H,7-8,13-14,23-28H2,(H,40,43)(H,44,45)/t35-,36+,39+/m0/s1. The fraction of sp³-hybridized carbons (Fsp3) is 0.333. The Morgan fingerprint density at radius 1 is 0.702 bits per heavy atom. The van der Waals surface area contributed by atoms with Gasteiger partial charge in [-0.1, -0.05) is 109 Å². The lowest BCUT2D eigenvalue weighted by Crippen LogP contribution is -2.39. The highest BCUT2D eigenvalue weighted by atomic mass is 16.7. The van der Waals surface area contributed by atoms with Crippen LogP contribution in [-0.2, 0) is 45.3 Å². The van der Waals surface area contributed by atoms with Crippen molar-refractivity contribution in [2.45, 2.75) is 76.8 Å². The molecule has 0 aliphatic carbocycles. The van der Waals surface area contributed by atoms with Crippen LogP contribution in [0.5, 0.6) is 0 Å². The number of aliphatic hydroxyl groups excluding tert-OH is 1. The van der Waals surface area contributed by atoms with Crippen molar-refractivity contribution in [3.05, 3.63) is 143 Å². The third-order valence-electron chi connectivity index (χ3n) is 8.36. The number of carboxylic acids is 1. The first kappa shape index (κ1) is 34.0. The van der Waals surface area contributed by atoms with E-state index < -0.39 is 12.3 Å². The average Bonchev–Trinajstić information content (AvgIpc) is 3.10. The number of amides is 1. The van der Waals surface area contributed by atoms with Gasteiger partial charge in [-0.2, -0.15) is 0 Å². The molecular weight excluding hydrogens is 592 g/mol. The van der Waals surface area contributed by atoms with Gasteiger partial charge in [0.15, 0.2) is 6.29 Å². The number of hydrogen-bond acceptors (Lipinski definition) is 6. The first-order valence-electron chi connectivity index (χ1n) is 16.3. The molecule has 1 aliphatic rings. The molecule has 0 saturated carbocycles. The van der Waals surface area contributed by atoms with Crippen LogP contribution in [0.2, 0.25) is 0 Å². The van der Waals surface area contributed by atoms with E-state index in [-0.39, 0.29) is 31.1 Å². The second-order valence-electron chi connectivity index (χ2n) is 12.1. The maximum atomic E-state index is 12.2. The van der Waals surface area contributed by atoms with Crippen LogP contribution in [0.4, 0.5) is 0 Å². The molecule has 4 aromatic rings. The fourth-order valence-corrected chi connectivity index (χ4v) is 5.83. The van der Waals surface area contributed by atoms with Gasteiger partial charge in [-0.25, -0.2) is 0 Å². The summed E-state index contributed by atoms with van der Waals surface area (Å²) >= 11 is 0. The van der Waals surface area contributed by atoms with Gasteiger partial charge < -0.3 is 25.0 Å². The van der Waals surface area contributed by atoms with Crippen molar-refractivity contribution < 1.29 is 29.3 Å². The largest absolute Gasteiger partial charge is 0.481 e. The van der Waals surface area contributed by atoms with E-state index in [0.717, 1.165) is 35.3 Å². The summed E-state index contributed by atoms with van der Waals surface area (Å²) in [7, 11) is 0. The molecule has 1 saturated heterocycles. The Morgan fingerprint density at radius 3 is 1.87 bits per heavy atom. The highest BCUT2D eigenvalue weighted by molar-refractivity contribution is 5.75. The molecule has 1 amide bonds. The van der Waals surface area contributed by atoms with Crippen LogP contribution >= 0.6 is 0 Å². The summed E-state index contributed by atoms with van der Waals surface area (Å²) in [6, 6.07) is 36.8. The second-order valence-corrected chi connectivity index (χ2v) is 12.1. The Balaban J connectivity index is 1.28. The topological polar surface area (TPSA) is 108 Å². The Morgan fingerprint density at radius 2 is 1.28 bits per heavy atom. The van der Waals surface area contributed by atoms with Gasteiger partial charge in [0, 0.05) is 51.0 Å². The van der Waals surface area contributed by atoms with Gasteiger partial charge in [0.2, 0.25) is 5.91 Å². The number of unbranched alkanes of at least 4 members (excludes halogenated alkanes) is 1. The fourth-order valence-electron chi connectivity index (χ4n) is 5.83. The highest BCUT2D eigenvalue weighted by Crippen LogP contribution is 2.38. The van der Waals surface area contributed by atoms with Crippen LogP contribution in [0, 0.1) is 0 Å². The van der Waals surface area contributed by atoms with Crippen LogP contribution in [0.3, 0.4) is 0 Å². The van der Waals surface area contributed by atoms with Gasteiger partial charge in [0.25, 0.3) is 0 Å². The molecule has 4 aromatic carbocycles. The molecule has 47 heavy (non-hydrogen) atoms. The summed E-state index contributed by atoms with van der Waals surface area (Å²) in [5, 5.41) is 21.3. The monoisotopic (exact) mass is 636 g/mol. The van der Waals surface area contributed by atoms with E-state index in [2.05, 4.69) is 58.7 Å². The molecule has 1 aliphatic heterocycles. The molecule has 1 heterocycles. The first-order valence-corrected chi connectivity index (χ1v) is 16.3. The van der Waals surface area contributed by atoms with Gasteiger partial charge in [0.1, 0.15) is 0 Å². The number of carboxylic acid groups (broad SMARTS) is 1. The molecule has 246 valence electrons. The van der Waals surface area contributed by atoms with Crippen LogP contribution in [-0.4, -0.2) is 39.6 Å². The third-order valence-corrected chi connectivity index (χ3v) is 8.36. The molecule has 3 atom stereocenters. The lowest BCUT2D eigenvalue weighted by molar-refractivity contribution is -0.253. The Hall–Kier alpha value is -4.34. The molecule has 0 unspecified atom stereocenters. The molecule has 8 nitrogen and oxygen atoms in total. The summed E-state index contributed by atoms with van der Waals surface area (Å²) in [5.74, 6) is -0.933. The minimum atomic E-state index is -0.842. The number of aliphatic hydroxyl groups is 1. The molecule has 0 bridgehead atoms. The number of nitrogens with one attached hydrogen (secondary N) is 1. The number of hydrogen-bond donors (Lipinski definition) is 3. The number of benzene rings is 4. The summed E-state index contributed by atoms with van der Waals surface area (Å²) in [4.78, 5) is 25.3. The quantitative estimate of drug-likeness (QED) is 0.118. The molecule has 1 fully saturated rings. The van der Waals surface area contributed by atoms with Crippen LogP contribution in [0.1, 0.15) is 77.9 Å². The van der Waals surface area contributed by atoms with Crippen LogP contribution < -0.4 is 5.32 Å². The number of carbonyl (C=O) groups excluding carboxylic acids is 1. The smallest absolute Gasteiger partial charge is 0.303 e. The SMILES string of the molecule is O=C(O)CCCCC(=O)NCc1ccc([C@@H]2O[C@H](CN(Cc3ccccc3)Cc3ccccc3)C[C@H](c3ccc(CO)cc3)O2)cc1. The molecule has 0 aromatic heterocycles. The first-order chi connectivity index (χ1) is 22.9. The maximum Gasteiger partial charge on any atom is 0.303 e. The average molecular weight is 637 g/mol. The molecule has 3 N–H and O–H groups in total. The van der Waals surface area contributed by atoms with Gasteiger partial charge in [-0.15, -0.1) is 0 Å². The zero-order valence-electron chi connectivity index (χ0n) is 26.7. The summed E-state index contributed by atoms with van der Waals surface area (Å²) in [6.07, 6.45) is 1.23. The van der Waals surface area contributed by atoms with Crippen molar-refractivity contribution in [1.82, 2.24) is 10.2 Å². The van der Waals surface area contributed by atoms with E-state index in [1.165, 1.54) is 11.1 Å². The number of carbonyl (C=O) groups is 2. The minimum Gasteiger partial charge on any atom is -0.481 e. The van der Waals surface area contributed by atoms with E-state index in [1.54, 1.807) is 0 Å². The third kappa shape index (κ3) is 10.9. The molecule has 8 heteroatoms.